The van der Waals surface area contributed by atoms with Crippen LogP contribution < -0.4 is 15.0 Å². The number of aryl methyl sites for hydroxylation is 2. The standard InChI is InChI=1S/C16H26N2O/c1-11-7-12(2)15(19-6)14(8-11)18(5)13-9-16(3,4)17-10-13/h7-8,13,17H,9-10H2,1-6H3. The molecule has 1 aliphatic rings. The summed E-state index contributed by atoms with van der Waals surface area (Å²) in [6.45, 7) is 9.80. The Balaban J connectivity index is 2.31. The molecule has 1 saturated heterocycles. The van der Waals surface area contributed by atoms with Gasteiger partial charge in [-0.25, -0.2) is 0 Å². The van der Waals surface area contributed by atoms with Crippen LogP contribution in [0, 0.1) is 13.8 Å². The zero-order chi connectivity index (χ0) is 14.2. The van der Waals surface area contributed by atoms with Gasteiger partial charge in [0.15, 0.2) is 0 Å². The first-order chi connectivity index (χ1) is 8.84. The quantitative estimate of drug-likeness (QED) is 0.906. The lowest BCUT2D eigenvalue weighted by atomic mass is 10.00. The minimum atomic E-state index is 0.227. The van der Waals surface area contributed by atoms with Crippen LogP contribution in [0.15, 0.2) is 12.1 Å². The fraction of sp³-hybridized carbons (Fsp3) is 0.625. The van der Waals surface area contributed by atoms with E-state index < -0.39 is 0 Å². The van der Waals surface area contributed by atoms with Crippen molar-refractivity contribution in [1.82, 2.24) is 5.32 Å². The number of benzene rings is 1. The molecular formula is C16H26N2O. The van der Waals surface area contributed by atoms with Gasteiger partial charge in [-0.3, -0.25) is 0 Å². The van der Waals surface area contributed by atoms with E-state index in [1.807, 2.05) is 0 Å². The third kappa shape index (κ3) is 2.86. The predicted molar refractivity (Wildman–Crippen MR) is 81.4 cm³/mol. The van der Waals surface area contributed by atoms with Crippen LogP contribution in [-0.2, 0) is 0 Å². The van der Waals surface area contributed by atoms with Crippen LogP contribution in [0.25, 0.3) is 0 Å². The van der Waals surface area contributed by atoms with Gasteiger partial charge in [0.2, 0.25) is 0 Å². The Labute approximate surface area is 116 Å². The smallest absolute Gasteiger partial charge is 0.145 e. The van der Waals surface area contributed by atoms with Crippen LogP contribution in [0.3, 0.4) is 0 Å². The molecule has 3 nitrogen and oxygen atoms in total. The molecule has 0 bridgehead atoms. The first-order valence-corrected chi connectivity index (χ1v) is 6.97. The molecule has 19 heavy (non-hydrogen) atoms. The van der Waals surface area contributed by atoms with E-state index in [1.165, 1.54) is 16.8 Å². The number of likely N-dealkylation sites (N-methyl/N-ethyl adjacent to an activating group) is 1. The Bertz CT molecular complexity index is 468. The Hall–Kier alpha value is -1.22. The molecule has 0 spiro atoms. The molecule has 0 saturated carbocycles. The summed E-state index contributed by atoms with van der Waals surface area (Å²) < 4.78 is 5.60. The molecule has 1 unspecified atom stereocenters. The first kappa shape index (κ1) is 14.2. The average Bonchev–Trinajstić information content (AvgIpc) is 2.68. The van der Waals surface area contributed by atoms with E-state index in [1.54, 1.807) is 7.11 Å². The van der Waals surface area contributed by atoms with Crippen LogP contribution in [0.4, 0.5) is 5.69 Å². The summed E-state index contributed by atoms with van der Waals surface area (Å²) in [5, 5.41) is 3.58. The molecule has 1 aromatic carbocycles. The molecule has 1 fully saturated rings. The number of hydrogen-bond donors (Lipinski definition) is 1. The van der Waals surface area contributed by atoms with Crippen molar-refractivity contribution in [3.05, 3.63) is 23.3 Å². The molecule has 0 radical (unpaired) electrons. The zero-order valence-corrected chi connectivity index (χ0v) is 13.0. The van der Waals surface area contributed by atoms with Crippen molar-refractivity contribution in [1.29, 1.82) is 0 Å². The number of methoxy groups -OCH3 is 1. The maximum Gasteiger partial charge on any atom is 0.145 e. The molecule has 106 valence electrons. The number of hydrogen-bond acceptors (Lipinski definition) is 3. The highest BCUT2D eigenvalue weighted by molar-refractivity contribution is 5.63. The number of rotatable bonds is 3. The zero-order valence-electron chi connectivity index (χ0n) is 13.0. The molecule has 0 amide bonds. The summed E-state index contributed by atoms with van der Waals surface area (Å²) in [7, 11) is 3.93. The second-order valence-electron chi connectivity index (χ2n) is 6.37. The van der Waals surface area contributed by atoms with Gasteiger partial charge < -0.3 is 15.0 Å². The van der Waals surface area contributed by atoms with Gasteiger partial charge in [0.05, 0.1) is 12.8 Å². The molecular weight excluding hydrogens is 236 g/mol. The van der Waals surface area contributed by atoms with Crippen LogP contribution >= 0.6 is 0 Å². The molecule has 0 aromatic heterocycles. The van der Waals surface area contributed by atoms with Crippen LogP contribution in [0.5, 0.6) is 5.75 Å². The molecule has 2 rings (SSSR count). The van der Waals surface area contributed by atoms with Gasteiger partial charge in [0.1, 0.15) is 5.75 Å². The van der Waals surface area contributed by atoms with Crippen molar-refractivity contribution < 1.29 is 4.74 Å². The SMILES string of the molecule is COc1c(C)cc(C)cc1N(C)C1CNC(C)(C)C1. The lowest BCUT2D eigenvalue weighted by Crippen LogP contribution is -2.33. The van der Waals surface area contributed by atoms with Gasteiger partial charge in [0, 0.05) is 25.2 Å². The molecule has 1 atom stereocenters. The van der Waals surface area contributed by atoms with Gasteiger partial charge in [-0.1, -0.05) is 6.07 Å². The van der Waals surface area contributed by atoms with E-state index in [-0.39, 0.29) is 5.54 Å². The number of anilines is 1. The second-order valence-corrected chi connectivity index (χ2v) is 6.37. The number of nitrogens with one attached hydrogen (secondary N) is 1. The van der Waals surface area contributed by atoms with Crippen LogP contribution in [0.2, 0.25) is 0 Å². The Morgan fingerprint density at radius 1 is 1.32 bits per heavy atom. The van der Waals surface area contributed by atoms with Crippen molar-refractivity contribution in [2.75, 3.05) is 25.6 Å². The van der Waals surface area contributed by atoms with E-state index in [0.29, 0.717) is 6.04 Å². The minimum Gasteiger partial charge on any atom is -0.494 e. The second kappa shape index (κ2) is 5.04. The summed E-state index contributed by atoms with van der Waals surface area (Å²) in [6, 6.07) is 4.91. The topological polar surface area (TPSA) is 24.5 Å². The lowest BCUT2D eigenvalue weighted by molar-refractivity contribution is 0.409. The third-order valence-electron chi connectivity index (χ3n) is 4.09. The van der Waals surface area contributed by atoms with Crippen molar-refractivity contribution in [3.63, 3.8) is 0 Å². The summed E-state index contributed by atoms with van der Waals surface area (Å²) in [4.78, 5) is 2.36. The number of ether oxygens (including phenoxy) is 1. The third-order valence-corrected chi connectivity index (χ3v) is 4.09. The first-order valence-electron chi connectivity index (χ1n) is 6.97. The van der Waals surface area contributed by atoms with Crippen molar-refractivity contribution in [2.24, 2.45) is 0 Å². The van der Waals surface area contributed by atoms with Gasteiger partial charge in [-0.15, -0.1) is 0 Å². The highest BCUT2D eigenvalue weighted by Crippen LogP contribution is 2.35. The summed E-state index contributed by atoms with van der Waals surface area (Å²) >= 11 is 0. The minimum absolute atomic E-state index is 0.227. The normalized spacial score (nSPS) is 21.5. The van der Waals surface area contributed by atoms with Crippen molar-refractivity contribution in [2.45, 2.75) is 45.7 Å². The molecule has 1 aliphatic heterocycles. The van der Waals surface area contributed by atoms with Gasteiger partial charge in [-0.2, -0.15) is 0 Å². The molecule has 0 aliphatic carbocycles. The van der Waals surface area contributed by atoms with Gasteiger partial charge >= 0.3 is 0 Å². The summed E-state index contributed by atoms with van der Waals surface area (Å²) in [6.07, 6.45) is 1.15. The van der Waals surface area contributed by atoms with Crippen molar-refractivity contribution >= 4 is 5.69 Å². The molecule has 1 N–H and O–H groups in total. The van der Waals surface area contributed by atoms with E-state index in [0.717, 1.165) is 18.7 Å². The lowest BCUT2D eigenvalue weighted by Gasteiger charge is -2.29. The fourth-order valence-corrected chi connectivity index (χ4v) is 3.06. The van der Waals surface area contributed by atoms with E-state index in [4.69, 9.17) is 4.74 Å². The Kier molecular flexibility index (Phi) is 3.77. The molecule has 1 aromatic rings. The highest BCUT2D eigenvalue weighted by Gasteiger charge is 2.33. The number of nitrogens with zero attached hydrogens (tertiary/aromatic N) is 1. The Morgan fingerprint density at radius 2 is 2.00 bits per heavy atom. The highest BCUT2D eigenvalue weighted by atomic mass is 16.5. The maximum atomic E-state index is 5.60. The molecule has 3 heteroatoms. The summed E-state index contributed by atoms with van der Waals surface area (Å²) in [5.74, 6) is 0.998. The van der Waals surface area contributed by atoms with Gasteiger partial charge in [-0.05, 0) is 51.3 Å². The summed E-state index contributed by atoms with van der Waals surface area (Å²) in [5.41, 5.74) is 3.91. The van der Waals surface area contributed by atoms with E-state index in [2.05, 4.69) is 57.1 Å². The Morgan fingerprint density at radius 3 is 2.53 bits per heavy atom. The van der Waals surface area contributed by atoms with E-state index in [9.17, 15) is 0 Å². The fourth-order valence-electron chi connectivity index (χ4n) is 3.06. The largest absolute Gasteiger partial charge is 0.494 e. The molecule has 1 heterocycles. The monoisotopic (exact) mass is 262 g/mol. The van der Waals surface area contributed by atoms with E-state index >= 15 is 0 Å². The maximum absolute atomic E-state index is 5.60. The average molecular weight is 262 g/mol. The van der Waals surface area contributed by atoms with Crippen LogP contribution in [-0.4, -0.2) is 32.3 Å². The van der Waals surface area contributed by atoms with Crippen LogP contribution in [0.1, 0.15) is 31.4 Å². The van der Waals surface area contributed by atoms with Crippen molar-refractivity contribution in [3.8, 4) is 5.75 Å². The predicted octanol–water partition coefficient (Wildman–Crippen LogP) is 2.89. The van der Waals surface area contributed by atoms with Gasteiger partial charge in [0.25, 0.3) is 0 Å².